The summed E-state index contributed by atoms with van der Waals surface area (Å²) in [6.07, 6.45) is 2.20. The van der Waals surface area contributed by atoms with E-state index >= 15 is 0 Å². The minimum Gasteiger partial charge on any atom is -0.309 e. The standard InChI is InChI=1S/C14H22ClNO2S/c1-5-6-16-14(9-19(4,17)18)12-7-10(2)11(3)8-13(12)15/h7-8,14,16H,5-6,9H2,1-4H3. The normalized spacial score (nSPS) is 13.5. The lowest BCUT2D eigenvalue weighted by atomic mass is 10.0. The molecule has 19 heavy (non-hydrogen) atoms. The number of nitrogens with one attached hydrogen (secondary N) is 1. The predicted octanol–water partition coefficient (Wildman–Crippen LogP) is 3.04. The van der Waals surface area contributed by atoms with Crippen LogP contribution in [-0.4, -0.2) is 27.0 Å². The fourth-order valence-corrected chi connectivity index (χ4v) is 3.20. The lowest BCUT2D eigenvalue weighted by Crippen LogP contribution is -2.28. The van der Waals surface area contributed by atoms with E-state index in [1.54, 1.807) is 0 Å². The first-order valence-corrected chi connectivity index (χ1v) is 8.86. The molecule has 0 radical (unpaired) electrons. The highest BCUT2D eigenvalue weighted by Crippen LogP contribution is 2.27. The predicted molar refractivity (Wildman–Crippen MR) is 81.7 cm³/mol. The van der Waals surface area contributed by atoms with Crippen molar-refractivity contribution >= 4 is 21.4 Å². The highest BCUT2D eigenvalue weighted by molar-refractivity contribution is 7.90. The first-order valence-electron chi connectivity index (χ1n) is 6.42. The molecule has 1 aromatic rings. The summed E-state index contributed by atoms with van der Waals surface area (Å²) < 4.78 is 23.1. The molecule has 5 heteroatoms. The molecule has 0 aliphatic carbocycles. The van der Waals surface area contributed by atoms with Crippen LogP contribution in [0.3, 0.4) is 0 Å². The Morgan fingerprint density at radius 2 is 1.84 bits per heavy atom. The quantitative estimate of drug-likeness (QED) is 0.878. The molecule has 0 heterocycles. The van der Waals surface area contributed by atoms with Gasteiger partial charge >= 0.3 is 0 Å². The van der Waals surface area contributed by atoms with Gasteiger partial charge in [0.2, 0.25) is 0 Å². The fourth-order valence-electron chi connectivity index (χ4n) is 1.95. The Balaban J connectivity index is 3.13. The van der Waals surface area contributed by atoms with E-state index in [4.69, 9.17) is 11.6 Å². The van der Waals surface area contributed by atoms with Gasteiger partial charge in [-0.25, -0.2) is 8.42 Å². The summed E-state index contributed by atoms with van der Waals surface area (Å²) in [4.78, 5) is 0. The summed E-state index contributed by atoms with van der Waals surface area (Å²) in [6.45, 7) is 6.82. The average molecular weight is 304 g/mol. The van der Waals surface area contributed by atoms with Crippen molar-refractivity contribution in [1.29, 1.82) is 0 Å². The lowest BCUT2D eigenvalue weighted by molar-refractivity contribution is 0.549. The van der Waals surface area contributed by atoms with E-state index < -0.39 is 9.84 Å². The number of sulfone groups is 1. The van der Waals surface area contributed by atoms with Crippen LogP contribution in [0.25, 0.3) is 0 Å². The first kappa shape index (κ1) is 16.5. The van der Waals surface area contributed by atoms with E-state index in [0.29, 0.717) is 5.02 Å². The molecule has 1 atom stereocenters. The van der Waals surface area contributed by atoms with Crippen molar-refractivity contribution in [2.45, 2.75) is 33.2 Å². The molecule has 0 fully saturated rings. The van der Waals surface area contributed by atoms with Crippen LogP contribution in [0.15, 0.2) is 12.1 Å². The van der Waals surface area contributed by atoms with Crippen molar-refractivity contribution < 1.29 is 8.42 Å². The molecule has 0 bridgehead atoms. The molecule has 1 rings (SSSR count). The summed E-state index contributed by atoms with van der Waals surface area (Å²) in [5.74, 6) is 0.0647. The Labute approximate surface area is 121 Å². The molecular weight excluding hydrogens is 282 g/mol. The van der Waals surface area contributed by atoms with E-state index in [1.807, 2.05) is 32.9 Å². The summed E-state index contributed by atoms with van der Waals surface area (Å²) in [5, 5.41) is 3.89. The van der Waals surface area contributed by atoms with Gasteiger partial charge in [-0.1, -0.05) is 24.6 Å². The molecule has 1 N–H and O–H groups in total. The SMILES string of the molecule is CCCNC(CS(C)(=O)=O)c1cc(C)c(C)cc1Cl. The number of aryl methyl sites for hydroxylation is 2. The fraction of sp³-hybridized carbons (Fsp3) is 0.571. The minimum atomic E-state index is -3.06. The van der Waals surface area contributed by atoms with Gasteiger partial charge in [0.1, 0.15) is 9.84 Å². The molecule has 0 aliphatic heterocycles. The van der Waals surface area contributed by atoms with Crippen molar-refractivity contribution in [3.63, 3.8) is 0 Å². The van der Waals surface area contributed by atoms with Crippen LogP contribution in [-0.2, 0) is 9.84 Å². The third kappa shape index (κ3) is 5.13. The molecule has 0 aliphatic rings. The van der Waals surface area contributed by atoms with Gasteiger partial charge in [-0.05, 0) is 49.6 Å². The number of hydrogen-bond acceptors (Lipinski definition) is 3. The van der Waals surface area contributed by atoms with E-state index in [9.17, 15) is 8.42 Å². The van der Waals surface area contributed by atoms with Crippen molar-refractivity contribution in [2.75, 3.05) is 18.6 Å². The molecule has 108 valence electrons. The number of hydrogen-bond donors (Lipinski definition) is 1. The number of benzene rings is 1. The summed E-state index contributed by atoms with van der Waals surface area (Å²) in [6, 6.07) is 3.63. The zero-order valence-corrected chi connectivity index (χ0v) is 13.5. The molecule has 1 aromatic carbocycles. The van der Waals surface area contributed by atoms with Gasteiger partial charge in [-0.15, -0.1) is 0 Å². The second-order valence-electron chi connectivity index (χ2n) is 5.06. The second kappa shape index (κ2) is 6.73. The van der Waals surface area contributed by atoms with Gasteiger partial charge in [-0.2, -0.15) is 0 Å². The molecular formula is C14H22ClNO2S. The molecule has 0 spiro atoms. The third-order valence-corrected chi connectivity index (χ3v) is 4.36. The van der Waals surface area contributed by atoms with Gasteiger partial charge in [0.15, 0.2) is 0 Å². The Bertz CT molecular complexity index is 541. The Hall–Kier alpha value is -0.580. The van der Waals surface area contributed by atoms with Crippen molar-refractivity contribution in [1.82, 2.24) is 5.32 Å². The molecule has 0 saturated carbocycles. The zero-order valence-electron chi connectivity index (χ0n) is 12.0. The van der Waals surface area contributed by atoms with Crippen LogP contribution >= 0.6 is 11.6 Å². The van der Waals surface area contributed by atoms with Gasteiger partial charge in [0.05, 0.1) is 5.75 Å². The van der Waals surface area contributed by atoms with Crippen molar-refractivity contribution in [3.8, 4) is 0 Å². The minimum absolute atomic E-state index is 0.0647. The zero-order chi connectivity index (χ0) is 14.6. The van der Waals surface area contributed by atoms with E-state index in [1.165, 1.54) is 6.26 Å². The van der Waals surface area contributed by atoms with Gasteiger partial charge in [0, 0.05) is 17.3 Å². The average Bonchev–Trinajstić information content (AvgIpc) is 2.28. The lowest BCUT2D eigenvalue weighted by Gasteiger charge is -2.20. The van der Waals surface area contributed by atoms with Gasteiger partial charge in [-0.3, -0.25) is 0 Å². The smallest absolute Gasteiger partial charge is 0.149 e. The van der Waals surface area contributed by atoms with Gasteiger partial charge in [0.25, 0.3) is 0 Å². The maximum absolute atomic E-state index is 11.6. The second-order valence-corrected chi connectivity index (χ2v) is 7.65. The van der Waals surface area contributed by atoms with E-state index in [-0.39, 0.29) is 11.8 Å². The molecule has 0 amide bonds. The van der Waals surface area contributed by atoms with Crippen LogP contribution < -0.4 is 5.32 Å². The number of rotatable bonds is 6. The maximum Gasteiger partial charge on any atom is 0.149 e. The van der Waals surface area contributed by atoms with Crippen LogP contribution in [0.1, 0.15) is 36.1 Å². The van der Waals surface area contributed by atoms with Gasteiger partial charge < -0.3 is 5.32 Å². The Morgan fingerprint density at radius 1 is 1.26 bits per heavy atom. The van der Waals surface area contributed by atoms with E-state index in [2.05, 4.69) is 5.32 Å². The van der Waals surface area contributed by atoms with Crippen molar-refractivity contribution in [3.05, 3.63) is 33.8 Å². The number of halogens is 1. The Morgan fingerprint density at radius 3 is 2.37 bits per heavy atom. The Kier molecular flexibility index (Phi) is 5.83. The summed E-state index contributed by atoms with van der Waals surface area (Å²) in [7, 11) is -3.06. The maximum atomic E-state index is 11.6. The van der Waals surface area contributed by atoms with E-state index in [0.717, 1.165) is 29.7 Å². The van der Waals surface area contributed by atoms with Crippen LogP contribution in [0.2, 0.25) is 5.02 Å². The third-order valence-electron chi connectivity index (χ3n) is 3.10. The van der Waals surface area contributed by atoms with Crippen molar-refractivity contribution in [2.24, 2.45) is 0 Å². The molecule has 1 unspecified atom stereocenters. The van der Waals surface area contributed by atoms with Crippen LogP contribution in [0.4, 0.5) is 0 Å². The molecule has 0 saturated heterocycles. The first-order chi connectivity index (χ1) is 8.74. The van der Waals surface area contributed by atoms with Crippen LogP contribution in [0, 0.1) is 13.8 Å². The summed E-state index contributed by atoms with van der Waals surface area (Å²) in [5.41, 5.74) is 3.10. The topological polar surface area (TPSA) is 46.2 Å². The van der Waals surface area contributed by atoms with Crippen LogP contribution in [0.5, 0.6) is 0 Å². The largest absolute Gasteiger partial charge is 0.309 e. The highest BCUT2D eigenvalue weighted by atomic mass is 35.5. The summed E-state index contributed by atoms with van der Waals surface area (Å²) >= 11 is 6.27. The molecule has 3 nitrogen and oxygen atoms in total. The highest BCUT2D eigenvalue weighted by Gasteiger charge is 2.19. The monoisotopic (exact) mass is 303 g/mol. The molecule has 0 aromatic heterocycles.